The van der Waals surface area contributed by atoms with E-state index in [-0.39, 0.29) is 0 Å². The van der Waals surface area contributed by atoms with E-state index < -0.39 is 0 Å². The molecule has 0 saturated heterocycles. The van der Waals surface area contributed by atoms with Gasteiger partial charge >= 0.3 is 0 Å². The van der Waals surface area contributed by atoms with Crippen LogP contribution in [0.5, 0.6) is 0 Å². The molecule has 1 rings (SSSR count). The number of nitrogens with zero attached hydrogens (tertiary/aromatic N) is 2. The molecule has 18 heavy (non-hydrogen) atoms. The van der Waals surface area contributed by atoms with E-state index in [1.165, 1.54) is 32.1 Å². The summed E-state index contributed by atoms with van der Waals surface area (Å²) in [6, 6.07) is 0.330. The molecule has 0 aliphatic heterocycles. The van der Waals surface area contributed by atoms with Gasteiger partial charge in [-0.1, -0.05) is 32.1 Å². The summed E-state index contributed by atoms with van der Waals surface area (Å²) in [6.45, 7) is 0.948. The van der Waals surface area contributed by atoms with E-state index in [0.29, 0.717) is 11.2 Å². The Hall–Kier alpha value is -0.860. The fraction of sp³-hybridized carbons (Fsp3) is 0.846. The molecular formula is C13H24N4S. The van der Waals surface area contributed by atoms with Crippen LogP contribution in [-0.4, -0.2) is 36.7 Å². The van der Waals surface area contributed by atoms with Crippen molar-refractivity contribution in [2.75, 3.05) is 20.6 Å². The highest BCUT2D eigenvalue weighted by Gasteiger charge is 2.20. The van der Waals surface area contributed by atoms with E-state index in [1.807, 2.05) is 6.19 Å². The molecule has 0 unspecified atom stereocenters. The van der Waals surface area contributed by atoms with Crippen LogP contribution >= 0.6 is 12.2 Å². The smallest absolute Gasteiger partial charge is 0.183 e. The van der Waals surface area contributed by atoms with Crippen LogP contribution in [0.4, 0.5) is 0 Å². The fourth-order valence-electron chi connectivity index (χ4n) is 2.72. The second-order valence-electron chi connectivity index (χ2n) is 5.41. The summed E-state index contributed by atoms with van der Waals surface area (Å²) in [5.74, 6) is 0.807. The van der Waals surface area contributed by atoms with E-state index in [2.05, 4.69) is 29.6 Å². The molecule has 4 nitrogen and oxygen atoms in total. The summed E-state index contributed by atoms with van der Waals surface area (Å²) in [7, 11) is 4.13. The number of nitriles is 1. The summed E-state index contributed by atoms with van der Waals surface area (Å²) in [5.41, 5.74) is 0. The van der Waals surface area contributed by atoms with Gasteiger partial charge in [-0.15, -0.1) is 0 Å². The second kappa shape index (κ2) is 8.28. The molecule has 0 bridgehead atoms. The molecule has 102 valence electrons. The van der Waals surface area contributed by atoms with Crippen LogP contribution in [0.15, 0.2) is 0 Å². The zero-order valence-electron chi connectivity index (χ0n) is 11.4. The minimum absolute atomic E-state index is 0.330. The molecule has 1 saturated carbocycles. The molecule has 1 aliphatic rings. The van der Waals surface area contributed by atoms with Crippen molar-refractivity contribution >= 4 is 17.3 Å². The molecule has 0 amide bonds. The van der Waals surface area contributed by atoms with Crippen LogP contribution in [0.25, 0.3) is 0 Å². The van der Waals surface area contributed by atoms with Gasteiger partial charge in [0, 0.05) is 12.6 Å². The molecule has 5 heteroatoms. The van der Waals surface area contributed by atoms with Gasteiger partial charge in [0.15, 0.2) is 11.3 Å². The highest BCUT2D eigenvalue weighted by atomic mass is 32.1. The molecule has 0 aromatic heterocycles. The number of thiocarbonyl (C=S) groups is 1. The minimum Gasteiger partial charge on any atom is -0.358 e. The molecule has 0 radical (unpaired) electrons. The minimum atomic E-state index is 0.330. The predicted molar refractivity (Wildman–Crippen MR) is 78.0 cm³/mol. The average Bonchev–Trinajstić information content (AvgIpc) is 2.29. The van der Waals surface area contributed by atoms with Crippen molar-refractivity contribution < 1.29 is 0 Å². The number of hydrogen-bond donors (Lipinski definition) is 2. The summed E-state index contributed by atoms with van der Waals surface area (Å²) < 4.78 is 0. The lowest BCUT2D eigenvalue weighted by Crippen LogP contribution is -2.46. The van der Waals surface area contributed by atoms with E-state index >= 15 is 0 Å². The molecular weight excluding hydrogens is 244 g/mol. The Kier molecular flexibility index (Phi) is 6.99. The first kappa shape index (κ1) is 15.2. The van der Waals surface area contributed by atoms with Gasteiger partial charge in [0.2, 0.25) is 0 Å². The maximum absolute atomic E-state index is 8.55. The van der Waals surface area contributed by atoms with E-state index in [9.17, 15) is 0 Å². The Morgan fingerprint density at radius 2 is 2.06 bits per heavy atom. The highest BCUT2D eigenvalue weighted by Crippen LogP contribution is 2.27. The van der Waals surface area contributed by atoms with Crippen molar-refractivity contribution in [3.05, 3.63) is 0 Å². The molecule has 2 N–H and O–H groups in total. The third-order valence-electron chi connectivity index (χ3n) is 3.43. The Morgan fingerprint density at radius 3 is 2.61 bits per heavy atom. The third kappa shape index (κ3) is 6.18. The molecule has 0 aromatic carbocycles. The molecule has 0 spiro atoms. The summed E-state index contributed by atoms with van der Waals surface area (Å²) >= 11 is 5.09. The average molecular weight is 268 g/mol. The van der Waals surface area contributed by atoms with Gasteiger partial charge < -0.3 is 10.2 Å². The first-order valence-corrected chi connectivity index (χ1v) is 7.13. The largest absolute Gasteiger partial charge is 0.358 e. The number of hydrogen-bond acceptors (Lipinski definition) is 3. The Bertz CT molecular complexity index is 292. The number of rotatable bonds is 5. The summed E-state index contributed by atoms with van der Waals surface area (Å²) in [5, 5.41) is 14.7. The van der Waals surface area contributed by atoms with Crippen LogP contribution in [0, 0.1) is 17.4 Å². The lowest BCUT2D eigenvalue weighted by atomic mass is 9.85. The maximum atomic E-state index is 8.55. The lowest BCUT2D eigenvalue weighted by molar-refractivity contribution is 0.273. The number of likely N-dealkylation sites (N-methyl/N-ethyl adjacent to an activating group) is 1. The van der Waals surface area contributed by atoms with Crippen molar-refractivity contribution in [1.82, 2.24) is 15.5 Å². The van der Waals surface area contributed by atoms with Gasteiger partial charge in [0.05, 0.1) is 0 Å². The van der Waals surface area contributed by atoms with E-state index in [4.69, 9.17) is 17.5 Å². The van der Waals surface area contributed by atoms with Gasteiger partial charge in [-0.25, -0.2) is 0 Å². The maximum Gasteiger partial charge on any atom is 0.183 e. The SMILES string of the molecule is CN(C)C[C@H](CC1CCCCC1)NC(=S)NC#N. The molecule has 0 aromatic rings. The summed E-state index contributed by atoms with van der Waals surface area (Å²) in [6.07, 6.45) is 9.79. The highest BCUT2D eigenvalue weighted by molar-refractivity contribution is 7.80. The van der Waals surface area contributed by atoms with Gasteiger partial charge in [-0.05, 0) is 38.7 Å². The van der Waals surface area contributed by atoms with Crippen molar-refractivity contribution in [3.8, 4) is 6.19 Å². The van der Waals surface area contributed by atoms with Crippen LogP contribution in [-0.2, 0) is 0 Å². The third-order valence-corrected chi connectivity index (χ3v) is 3.65. The normalized spacial score (nSPS) is 18.1. The van der Waals surface area contributed by atoms with Gasteiger partial charge in [0.1, 0.15) is 0 Å². The van der Waals surface area contributed by atoms with Crippen LogP contribution < -0.4 is 10.6 Å². The van der Waals surface area contributed by atoms with Crippen molar-refractivity contribution in [2.45, 2.75) is 44.6 Å². The zero-order chi connectivity index (χ0) is 13.4. The van der Waals surface area contributed by atoms with Crippen molar-refractivity contribution in [1.29, 1.82) is 5.26 Å². The first-order chi connectivity index (χ1) is 8.61. The van der Waals surface area contributed by atoms with Gasteiger partial charge in [-0.2, -0.15) is 5.26 Å². The molecule has 1 aliphatic carbocycles. The lowest BCUT2D eigenvalue weighted by Gasteiger charge is -2.29. The second-order valence-corrected chi connectivity index (χ2v) is 5.82. The Balaban J connectivity index is 2.43. The first-order valence-electron chi connectivity index (χ1n) is 6.72. The van der Waals surface area contributed by atoms with Crippen LogP contribution in [0.3, 0.4) is 0 Å². The topological polar surface area (TPSA) is 51.1 Å². The monoisotopic (exact) mass is 268 g/mol. The molecule has 1 fully saturated rings. The zero-order valence-corrected chi connectivity index (χ0v) is 12.2. The van der Waals surface area contributed by atoms with Gasteiger partial charge in [0.25, 0.3) is 0 Å². The predicted octanol–water partition coefficient (Wildman–Crippen LogP) is 1.83. The van der Waals surface area contributed by atoms with Crippen molar-refractivity contribution in [2.24, 2.45) is 5.92 Å². The molecule has 1 atom stereocenters. The van der Waals surface area contributed by atoms with Crippen molar-refractivity contribution in [3.63, 3.8) is 0 Å². The van der Waals surface area contributed by atoms with Crippen LogP contribution in [0.1, 0.15) is 38.5 Å². The summed E-state index contributed by atoms with van der Waals surface area (Å²) in [4.78, 5) is 2.16. The van der Waals surface area contributed by atoms with Gasteiger partial charge in [-0.3, -0.25) is 5.32 Å². The fourth-order valence-corrected chi connectivity index (χ4v) is 2.93. The Morgan fingerprint density at radius 1 is 1.39 bits per heavy atom. The molecule has 0 heterocycles. The Labute approximate surface area is 116 Å². The quantitative estimate of drug-likeness (QED) is 0.453. The van der Waals surface area contributed by atoms with Crippen LogP contribution in [0.2, 0.25) is 0 Å². The standard InChI is InChI=1S/C13H24N4S/c1-17(2)9-12(16-13(18)15-10-14)8-11-6-4-3-5-7-11/h11-12H,3-9H2,1-2H3,(H2,15,16,18)/t12-/m0/s1. The van der Waals surface area contributed by atoms with E-state index in [0.717, 1.165) is 18.9 Å². The number of nitrogens with one attached hydrogen (secondary N) is 2. The van der Waals surface area contributed by atoms with E-state index in [1.54, 1.807) is 0 Å².